The molecule has 1 fully saturated rings. The minimum absolute atomic E-state index is 0.0718. The van der Waals surface area contributed by atoms with Gasteiger partial charge in [0.1, 0.15) is 0 Å². The molecule has 0 saturated heterocycles. The van der Waals surface area contributed by atoms with E-state index in [1.54, 1.807) is 0 Å². The summed E-state index contributed by atoms with van der Waals surface area (Å²) in [5.74, 6) is -2.42. The molecule has 5 heteroatoms. The largest absolute Gasteiger partial charge is 0.481 e. The minimum Gasteiger partial charge on any atom is -0.481 e. The number of benzene rings is 1. The second kappa shape index (κ2) is 6.70. The zero-order valence-electron chi connectivity index (χ0n) is 13.7. The van der Waals surface area contributed by atoms with Crippen LogP contribution in [0.2, 0.25) is 0 Å². The Balaban J connectivity index is 1.92. The van der Waals surface area contributed by atoms with E-state index in [0.29, 0.717) is 5.69 Å². The van der Waals surface area contributed by atoms with E-state index in [9.17, 15) is 14.7 Å². The van der Waals surface area contributed by atoms with E-state index in [-0.39, 0.29) is 11.8 Å². The maximum atomic E-state index is 12.8. The normalized spacial score (nSPS) is 25.2. The number of nitrogens with one attached hydrogen (secondary N) is 1. The number of halogens is 1. The number of carboxylic acid groups (broad SMARTS) is 1. The topological polar surface area (TPSA) is 66.4 Å². The Morgan fingerprint density at radius 1 is 1.21 bits per heavy atom. The number of allylic oxidation sites excluding steroid dienone is 3. The number of hydrogen-bond acceptors (Lipinski definition) is 2. The third kappa shape index (κ3) is 3.14. The molecule has 1 amide bonds. The molecule has 1 aromatic carbocycles. The van der Waals surface area contributed by atoms with Crippen LogP contribution in [0.1, 0.15) is 26.7 Å². The summed E-state index contributed by atoms with van der Waals surface area (Å²) in [6, 6.07) is 7.51. The first-order chi connectivity index (χ1) is 11.4. The molecule has 3 aliphatic rings. The number of amides is 1. The summed E-state index contributed by atoms with van der Waals surface area (Å²) < 4.78 is 1.08. The second-order valence-electron chi connectivity index (χ2n) is 6.66. The first-order valence-electron chi connectivity index (χ1n) is 8.05. The molecule has 1 saturated carbocycles. The van der Waals surface area contributed by atoms with E-state index in [2.05, 4.69) is 34.0 Å². The molecule has 0 heterocycles. The molecule has 0 radical (unpaired) electrons. The van der Waals surface area contributed by atoms with Crippen LogP contribution in [0.5, 0.6) is 0 Å². The fourth-order valence-corrected chi connectivity index (χ4v) is 4.21. The van der Waals surface area contributed by atoms with Gasteiger partial charge < -0.3 is 10.4 Å². The van der Waals surface area contributed by atoms with Crippen molar-refractivity contribution in [1.29, 1.82) is 0 Å². The molecular formula is C19H20INO3. The van der Waals surface area contributed by atoms with E-state index in [1.165, 1.54) is 0 Å². The quantitative estimate of drug-likeness (QED) is 0.696. The number of carboxylic acids is 1. The van der Waals surface area contributed by atoms with Gasteiger partial charge in [-0.25, -0.2) is 0 Å². The molecule has 2 N–H and O–H groups in total. The summed E-state index contributed by atoms with van der Waals surface area (Å²) in [7, 11) is 0. The average molecular weight is 437 g/mol. The smallest absolute Gasteiger partial charge is 0.308 e. The van der Waals surface area contributed by atoms with Crippen molar-refractivity contribution in [1.82, 2.24) is 0 Å². The fraction of sp³-hybridized carbons (Fsp3) is 0.368. The van der Waals surface area contributed by atoms with Gasteiger partial charge in [-0.15, -0.1) is 0 Å². The van der Waals surface area contributed by atoms with Crippen molar-refractivity contribution >= 4 is 40.2 Å². The number of fused-ring (bicyclic) bond motifs is 3. The SMILES string of the molecule is CC(C)=C1C=C2CCC1C(C(=O)O)C2C(=O)Nc1ccc(I)cc1. The van der Waals surface area contributed by atoms with Crippen LogP contribution in [0.4, 0.5) is 5.69 Å². The van der Waals surface area contributed by atoms with Crippen LogP contribution in [0.3, 0.4) is 0 Å². The first-order valence-corrected chi connectivity index (χ1v) is 9.13. The lowest BCUT2D eigenvalue weighted by molar-refractivity contribution is -0.148. The van der Waals surface area contributed by atoms with E-state index < -0.39 is 17.8 Å². The summed E-state index contributed by atoms with van der Waals surface area (Å²) in [5, 5.41) is 12.6. The van der Waals surface area contributed by atoms with Gasteiger partial charge in [0.05, 0.1) is 11.8 Å². The van der Waals surface area contributed by atoms with E-state index in [0.717, 1.165) is 33.1 Å². The summed E-state index contributed by atoms with van der Waals surface area (Å²) >= 11 is 2.20. The lowest BCUT2D eigenvalue weighted by Gasteiger charge is -2.42. The molecule has 1 aromatic rings. The Kier molecular flexibility index (Phi) is 4.80. The number of anilines is 1. The van der Waals surface area contributed by atoms with Crippen molar-refractivity contribution in [3.05, 3.63) is 50.6 Å². The lowest BCUT2D eigenvalue weighted by Crippen LogP contribution is -2.45. The van der Waals surface area contributed by atoms with E-state index in [1.807, 2.05) is 38.1 Å². The number of aliphatic carboxylic acids is 1. The van der Waals surface area contributed by atoms with Crippen LogP contribution in [0, 0.1) is 21.3 Å². The average Bonchev–Trinajstić information content (AvgIpc) is 2.56. The van der Waals surface area contributed by atoms with Gasteiger partial charge in [0.25, 0.3) is 0 Å². The number of carbonyl (C=O) groups excluding carboxylic acids is 1. The Morgan fingerprint density at radius 3 is 2.46 bits per heavy atom. The minimum atomic E-state index is -0.883. The number of carbonyl (C=O) groups is 2. The molecule has 3 aliphatic carbocycles. The third-order valence-corrected chi connectivity index (χ3v) is 5.65. The van der Waals surface area contributed by atoms with Gasteiger partial charge in [-0.2, -0.15) is 0 Å². The highest BCUT2D eigenvalue weighted by Crippen LogP contribution is 2.49. The maximum absolute atomic E-state index is 12.8. The number of rotatable bonds is 3. The van der Waals surface area contributed by atoms with Crippen LogP contribution < -0.4 is 5.32 Å². The van der Waals surface area contributed by atoms with Gasteiger partial charge >= 0.3 is 5.97 Å². The zero-order valence-corrected chi connectivity index (χ0v) is 15.8. The zero-order chi connectivity index (χ0) is 17.4. The predicted molar refractivity (Wildman–Crippen MR) is 102 cm³/mol. The highest BCUT2D eigenvalue weighted by Gasteiger charge is 2.48. The lowest BCUT2D eigenvalue weighted by atomic mass is 9.61. The van der Waals surface area contributed by atoms with Gasteiger partial charge in [-0.05, 0) is 85.0 Å². The van der Waals surface area contributed by atoms with E-state index in [4.69, 9.17) is 0 Å². The molecule has 24 heavy (non-hydrogen) atoms. The molecule has 4 rings (SSSR count). The summed E-state index contributed by atoms with van der Waals surface area (Å²) in [6.45, 7) is 4.01. The Bertz CT molecular complexity index is 744. The highest BCUT2D eigenvalue weighted by molar-refractivity contribution is 14.1. The summed E-state index contributed by atoms with van der Waals surface area (Å²) in [4.78, 5) is 24.7. The molecular weight excluding hydrogens is 417 g/mol. The molecule has 2 bridgehead atoms. The maximum Gasteiger partial charge on any atom is 0.308 e. The van der Waals surface area contributed by atoms with Crippen LogP contribution in [-0.2, 0) is 9.59 Å². The molecule has 3 unspecified atom stereocenters. The van der Waals surface area contributed by atoms with Crippen molar-refractivity contribution in [3.8, 4) is 0 Å². The number of hydrogen-bond donors (Lipinski definition) is 2. The molecule has 126 valence electrons. The van der Waals surface area contributed by atoms with Gasteiger partial charge in [0.15, 0.2) is 0 Å². The van der Waals surface area contributed by atoms with Gasteiger partial charge in [0.2, 0.25) is 5.91 Å². The Hall–Kier alpha value is -1.63. The molecule has 0 aromatic heterocycles. The van der Waals surface area contributed by atoms with Crippen molar-refractivity contribution in [2.75, 3.05) is 5.32 Å². The van der Waals surface area contributed by atoms with Crippen LogP contribution in [0.25, 0.3) is 0 Å². The monoisotopic (exact) mass is 437 g/mol. The third-order valence-electron chi connectivity index (χ3n) is 4.93. The van der Waals surface area contributed by atoms with Crippen molar-refractivity contribution < 1.29 is 14.7 Å². The van der Waals surface area contributed by atoms with Crippen LogP contribution >= 0.6 is 22.6 Å². The van der Waals surface area contributed by atoms with Crippen molar-refractivity contribution in [3.63, 3.8) is 0 Å². The summed E-state index contributed by atoms with van der Waals surface area (Å²) in [5.41, 5.74) is 3.89. The van der Waals surface area contributed by atoms with Crippen LogP contribution in [-0.4, -0.2) is 17.0 Å². The van der Waals surface area contributed by atoms with Gasteiger partial charge in [-0.3, -0.25) is 9.59 Å². The molecule has 3 atom stereocenters. The molecule has 4 nitrogen and oxygen atoms in total. The molecule has 0 aliphatic heterocycles. The Labute approximate surface area is 155 Å². The van der Waals surface area contributed by atoms with Gasteiger partial charge in [-0.1, -0.05) is 17.2 Å². The standard InChI is InChI=1S/C19H20INO3/c1-10(2)15-9-11-3-8-14(15)17(19(23)24)16(11)18(22)21-13-6-4-12(20)5-7-13/h4-7,9,14,16-17H,3,8H2,1-2H3,(H,21,22)(H,23,24). The first kappa shape index (κ1) is 17.2. The van der Waals surface area contributed by atoms with Crippen LogP contribution in [0.15, 0.2) is 47.1 Å². The van der Waals surface area contributed by atoms with Crippen molar-refractivity contribution in [2.45, 2.75) is 26.7 Å². The van der Waals surface area contributed by atoms with Gasteiger partial charge in [0, 0.05) is 9.26 Å². The highest BCUT2D eigenvalue weighted by atomic mass is 127. The van der Waals surface area contributed by atoms with E-state index >= 15 is 0 Å². The second-order valence-corrected chi connectivity index (χ2v) is 7.90. The summed E-state index contributed by atoms with van der Waals surface area (Å²) in [6.07, 6.45) is 3.67. The predicted octanol–water partition coefficient (Wildman–Crippen LogP) is 4.23. The fourth-order valence-electron chi connectivity index (χ4n) is 3.85. The van der Waals surface area contributed by atoms with Crippen molar-refractivity contribution in [2.24, 2.45) is 17.8 Å². The molecule has 0 spiro atoms. The Morgan fingerprint density at radius 2 is 1.88 bits per heavy atom.